The summed E-state index contributed by atoms with van der Waals surface area (Å²) >= 11 is 7.81. The van der Waals surface area contributed by atoms with Crippen molar-refractivity contribution < 1.29 is 4.79 Å². The Bertz CT molecular complexity index is 449. The zero-order chi connectivity index (χ0) is 13.1. The lowest BCUT2D eigenvalue weighted by Gasteiger charge is -2.24. The van der Waals surface area contributed by atoms with Crippen molar-refractivity contribution in [1.82, 2.24) is 4.90 Å². The van der Waals surface area contributed by atoms with Gasteiger partial charge in [-0.3, -0.25) is 10.6 Å². The highest BCUT2D eigenvalue weighted by molar-refractivity contribution is 7.99. The van der Waals surface area contributed by atoms with Crippen LogP contribution in [0.1, 0.15) is 16.8 Å². The molecule has 1 aromatic rings. The molecule has 1 unspecified atom stereocenters. The number of anilines is 1. The van der Waals surface area contributed by atoms with Gasteiger partial charge in [0.05, 0.1) is 11.3 Å². The van der Waals surface area contributed by atoms with E-state index in [1.54, 1.807) is 23.1 Å². The smallest absolute Gasteiger partial charge is 0.256 e. The minimum atomic E-state index is -0.0436. The summed E-state index contributed by atoms with van der Waals surface area (Å²) in [7, 11) is 1.83. The Morgan fingerprint density at radius 1 is 1.61 bits per heavy atom. The van der Waals surface area contributed by atoms with Crippen LogP contribution in [-0.4, -0.2) is 35.4 Å². The van der Waals surface area contributed by atoms with Crippen molar-refractivity contribution in [2.45, 2.75) is 12.5 Å². The largest absolute Gasteiger partial charge is 0.338 e. The van der Waals surface area contributed by atoms with Gasteiger partial charge >= 0.3 is 0 Å². The number of hydrazine groups is 1. The number of benzene rings is 1. The van der Waals surface area contributed by atoms with E-state index in [4.69, 9.17) is 17.4 Å². The number of hydrogen-bond donors (Lipinski definition) is 2. The molecule has 1 aromatic carbocycles. The topological polar surface area (TPSA) is 58.4 Å². The Hall–Kier alpha value is -0.910. The van der Waals surface area contributed by atoms with Crippen LogP contribution in [0.2, 0.25) is 5.02 Å². The number of nitrogens with two attached hydrogens (primary N) is 1. The maximum atomic E-state index is 12.4. The van der Waals surface area contributed by atoms with Gasteiger partial charge in [-0.15, -0.1) is 0 Å². The molecule has 1 amide bonds. The van der Waals surface area contributed by atoms with Crippen LogP contribution in [0.3, 0.4) is 0 Å². The van der Waals surface area contributed by atoms with E-state index in [0.29, 0.717) is 22.3 Å². The molecular weight excluding hydrogens is 270 g/mol. The van der Waals surface area contributed by atoms with Gasteiger partial charge < -0.3 is 10.3 Å². The van der Waals surface area contributed by atoms with Crippen molar-refractivity contribution in [3.05, 3.63) is 28.8 Å². The minimum absolute atomic E-state index is 0.0436. The lowest BCUT2D eigenvalue weighted by atomic mass is 10.1. The van der Waals surface area contributed by atoms with E-state index in [1.165, 1.54) is 0 Å². The molecule has 6 heteroatoms. The van der Waals surface area contributed by atoms with Crippen LogP contribution in [0.5, 0.6) is 0 Å². The van der Waals surface area contributed by atoms with Crippen molar-refractivity contribution >= 4 is 35.0 Å². The average Bonchev–Trinajstić information content (AvgIpc) is 2.90. The van der Waals surface area contributed by atoms with Gasteiger partial charge in [-0.05, 0) is 30.4 Å². The zero-order valence-corrected chi connectivity index (χ0v) is 11.7. The molecule has 18 heavy (non-hydrogen) atoms. The fraction of sp³-hybridized carbons (Fsp3) is 0.417. The van der Waals surface area contributed by atoms with Crippen molar-refractivity contribution in [3.8, 4) is 0 Å². The summed E-state index contributed by atoms with van der Waals surface area (Å²) in [5, 5.41) is 0.534. The van der Waals surface area contributed by atoms with Crippen LogP contribution in [0.25, 0.3) is 0 Å². The number of halogens is 1. The molecule has 0 radical (unpaired) electrons. The van der Waals surface area contributed by atoms with Gasteiger partial charge in [-0.1, -0.05) is 11.6 Å². The number of nitrogens with one attached hydrogen (secondary N) is 1. The number of carbonyl (C=O) groups is 1. The van der Waals surface area contributed by atoms with Gasteiger partial charge in [-0.2, -0.15) is 11.8 Å². The molecule has 1 heterocycles. The Labute approximate surface area is 116 Å². The van der Waals surface area contributed by atoms with Crippen LogP contribution < -0.4 is 11.3 Å². The second-order valence-electron chi connectivity index (χ2n) is 4.27. The van der Waals surface area contributed by atoms with Crippen LogP contribution in [-0.2, 0) is 0 Å². The number of amides is 1. The Balaban J connectivity index is 2.24. The second kappa shape index (κ2) is 5.82. The van der Waals surface area contributed by atoms with Gasteiger partial charge in [0.2, 0.25) is 0 Å². The summed E-state index contributed by atoms with van der Waals surface area (Å²) in [5.74, 6) is 7.49. The van der Waals surface area contributed by atoms with Crippen LogP contribution in [0, 0.1) is 0 Å². The molecule has 3 N–H and O–H groups in total. The number of nitrogens with zero attached hydrogens (tertiary/aromatic N) is 1. The summed E-state index contributed by atoms with van der Waals surface area (Å²) < 4.78 is 0. The van der Waals surface area contributed by atoms with Crippen molar-refractivity contribution in [3.63, 3.8) is 0 Å². The Kier molecular flexibility index (Phi) is 4.37. The first kappa shape index (κ1) is 13.5. The Morgan fingerprint density at radius 2 is 2.39 bits per heavy atom. The Morgan fingerprint density at radius 3 is 3.00 bits per heavy atom. The maximum Gasteiger partial charge on any atom is 0.256 e. The predicted molar refractivity (Wildman–Crippen MR) is 77.1 cm³/mol. The lowest BCUT2D eigenvalue weighted by molar-refractivity contribution is 0.0749. The fourth-order valence-electron chi connectivity index (χ4n) is 2.00. The van der Waals surface area contributed by atoms with E-state index < -0.39 is 0 Å². The monoisotopic (exact) mass is 285 g/mol. The molecule has 1 aliphatic rings. The molecular formula is C12H16ClN3OS. The number of nitrogen functional groups attached to an aromatic ring is 1. The van der Waals surface area contributed by atoms with E-state index in [9.17, 15) is 4.79 Å². The highest BCUT2D eigenvalue weighted by Gasteiger charge is 2.26. The number of thioether (sulfide) groups is 1. The summed E-state index contributed by atoms with van der Waals surface area (Å²) in [6.45, 7) is 0. The molecule has 0 saturated carbocycles. The third-order valence-corrected chi connectivity index (χ3v) is 4.52. The zero-order valence-electron chi connectivity index (χ0n) is 10.1. The molecule has 0 bridgehead atoms. The van der Waals surface area contributed by atoms with E-state index in [1.807, 2.05) is 18.8 Å². The van der Waals surface area contributed by atoms with Crippen molar-refractivity contribution in [2.24, 2.45) is 5.84 Å². The van der Waals surface area contributed by atoms with Gasteiger partial charge in [0.25, 0.3) is 5.91 Å². The summed E-state index contributed by atoms with van der Waals surface area (Å²) in [4.78, 5) is 14.2. The fourth-order valence-corrected chi connectivity index (χ4v) is 3.44. The van der Waals surface area contributed by atoms with Gasteiger partial charge in [0, 0.05) is 23.9 Å². The summed E-state index contributed by atoms with van der Waals surface area (Å²) in [6.07, 6.45) is 1.04. The lowest BCUT2D eigenvalue weighted by Crippen LogP contribution is -2.37. The highest BCUT2D eigenvalue weighted by Crippen LogP contribution is 2.26. The number of hydrogen-bond acceptors (Lipinski definition) is 4. The molecule has 0 aromatic heterocycles. The van der Waals surface area contributed by atoms with E-state index in [2.05, 4.69) is 5.43 Å². The van der Waals surface area contributed by atoms with Gasteiger partial charge in [0.15, 0.2) is 0 Å². The number of rotatable bonds is 3. The molecule has 1 atom stereocenters. The first-order valence-electron chi connectivity index (χ1n) is 5.74. The normalized spacial score (nSPS) is 18.7. The molecule has 1 aliphatic heterocycles. The molecule has 1 saturated heterocycles. The minimum Gasteiger partial charge on any atom is -0.338 e. The third-order valence-electron chi connectivity index (χ3n) is 3.14. The number of carbonyl (C=O) groups excluding carboxylic acids is 1. The predicted octanol–water partition coefficient (Wildman–Crippen LogP) is 2.20. The maximum absolute atomic E-state index is 12.4. The summed E-state index contributed by atoms with van der Waals surface area (Å²) in [5.41, 5.74) is 3.65. The molecule has 0 aliphatic carbocycles. The SMILES string of the molecule is CN(C(=O)c1cc(Cl)ccc1NN)C1CCSC1. The molecule has 4 nitrogen and oxygen atoms in total. The third kappa shape index (κ3) is 2.74. The van der Waals surface area contributed by atoms with Crippen LogP contribution >= 0.6 is 23.4 Å². The van der Waals surface area contributed by atoms with E-state index in [0.717, 1.165) is 17.9 Å². The highest BCUT2D eigenvalue weighted by atomic mass is 35.5. The molecule has 0 spiro atoms. The average molecular weight is 286 g/mol. The van der Waals surface area contributed by atoms with E-state index in [-0.39, 0.29) is 5.91 Å². The standard InChI is InChI=1S/C12H16ClN3OS/c1-16(9-4-5-18-7-9)12(17)10-6-8(13)2-3-11(10)15-14/h2-3,6,9,15H,4-5,7,14H2,1H3. The first-order valence-corrected chi connectivity index (χ1v) is 7.28. The van der Waals surface area contributed by atoms with Crippen molar-refractivity contribution in [2.75, 3.05) is 24.0 Å². The van der Waals surface area contributed by atoms with Crippen LogP contribution in [0.15, 0.2) is 18.2 Å². The van der Waals surface area contributed by atoms with E-state index >= 15 is 0 Å². The molecule has 1 fully saturated rings. The summed E-state index contributed by atoms with van der Waals surface area (Å²) in [6, 6.07) is 5.37. The molecule has 2 rings (SSSR count). The van der Waals surface area contributed by atoms with Gasteiger partial charge in [0.1, 0.15) is 0 Å². The first-order chi connectivity index (χ1) is 8.63. The second-order valence-corrected chi connectivity index (χ2v) is 5.85. The van der Waals surface area contributed by atoms with Crippen LogP contribution in [0.4, 0.5) is 5.69 Å². The van der Waals surface area contributed by atoms with Crippen molar-refractivity contribution in [1.29, 1.82) is 0 Å². The molecule has 98 valence electrons. The van der Waals surface area contributed by atoms with Gasteiger partial charge in [-0.25, -0.2) is 0 Å². The quantitative estimate of drug-likeness (QED) is 0.660.